The molecule has 2 rings (SSSR count). The lowest BCUT2D eigenvalue weighted by molar-refractivity contribution is -0.116. The van der Waals surface area contributed by atoms with Crippen LogP contribution < -0.4 is 10.1 Å². The van der Waals surface area contributed by atoms with Crippen molar-refractivity contribution in [2.24, 2.45) is 0 Å². The molecule has 1 aromatic carbocycles. The molecular formula is C16H18ClN3O2. The standard InChI is InChI=1S/C16H18ClN3O2/c1-22-15-6-3-13(4-7-15)5-8-16(21)18-9-2-10-20-12-14(17)11-19-20/h3-8,11-12H,2,9-10H2,1H3,(H,18,21)/b8-5+. The van der Waals surface area contributed by atoms with Gasteiger partial charge in [-0.3, -0.25) is 9.48 Å². The molecule has 0 aliphatic heterocycles. The number of rotatable bonds is 7. The Morgan fingerprint density at radius 3 is 2.82 bits per heavy atom. The number of carbonyl (C=O) groups is 1. The Balaban J connectivity index is 1.69. The number of amides is 1. The number of hydrogen-bond donors (Lipinski definition) is 1. The van der Waals surface area contributed by atoms with Crippen LogP contribution in [0.1, 0.15) is 12.0 Å². The van der Waals surface area contributed by atoms with E-state index in [1.807, 2.05) is 24.3 Å². The summed E-state index contributed by atoms with van der Waals surface area (Å²) in [5.74, 6) is 0.676. The van der Waals surface area contributed by atoms with Crippen LogP contribution in [0.25, 0.3) is 6.08 Å². The van der Waals surface area contributed by atoms with Crippen molar-refractivity contribution in [1.82, 2.24) is 15.1 Å². The van der Waals surface area contributed by atoms with Crippen molar-refractivity contribution in [3.63, 3.8) is 0 Å². The first-order valence-corrected chi connectivity index (χ1v) is 7.33. The van der Waals surface area contributed by atoms with E-state index >= 15 is 0 Å². The van der Waals surface area contributed by atoms with Gasteiger partial charge >= 0.3 is 0 Å². The molecule has 0 radical (unpaired) electrons. The summed E-state index contributed by atoms with van der Waals surface area (Å²) in [5, 5.41) is 7.52. The number of hydrogen-bond acceptors (Lipinski definition) is 3. The van der Waals surface area contributed by atoms with Crippen LogP contribution in [0, 0.1) is 0 Å². The largest absolute Gasteiger partial charge is 0.497 e. The van der Waals surface area contributed by atoms with Crippen molar-refractivity contribution in [2.75, 3.05) is 13.7 Å². The van der Waals surface area contributed by atoms with E-state index in [1.54, 1.807) is 30.3 Å². The predicted molar refractivity (Wildman–Crippen MR) is 86.9 cm³/mol. The average Bonchev–Trinajstić information content (AvgIpc) is 2.95. The summed E-state index contributed by atoms with van der Waals surface area (Å²) < 4.78 is 6.83. The quantitative estimate of drug-likeness (QED) is 0.630. The van der Waals surface area contributed by atoms with Crippen LogP contribution in [-0.4, -0.2) is 29.3 Å². The molecule has 0 atom stereocenters. The van der Waals surface area contributed by atoms with Gasteiger partial charge in [0, 0.05) is 25.4 Å². The van der Waals surface area contributed by atoms with Gasteiger partial charge in [-0.15, -0.1) is 0 Å². The first-order chi connectivity index (χ1) is 10.7. The van der Waals surface area contributed by atoms with E-state index < -0.39 is 0 Å². The van der Waals surface area contributed by atoms with Crippen molar-refractivity contribution >= 4 is 23.6 Å². The normalized spacial score (nSPS) is 10.8. The van der Waals surface area contributed by atoms with Crippen LogP contribution in [0.2, 0.25) is 5.02 Å². The summed E-state index contributed by atoms with van der Waals surface area (Å²) in [5.41, 5.74) is 0.946. The minimum absolute atomic E-state index is 0.116. The fraction of sp³-hybridized carbons (Fsp3) is 0.250. The molecule has 0 spiro atoms. The van der Waals surface area contributed by atoms with Gasteiger partial charge in [-0.1, -0.05) is 23.7 Å². The Morgan fingerprint density at radius 1 is 1.41 bits per heavy atom. The fourth-order valence-corrected chi connectivity index (χ4v) is 2.02. The van der Waals surface area contributed by atoms with E-state index in [0.717, 1.165) is 24.3 Å². The molecular weight excluding hydrogens is 302 g/mol. The molecule has 0 aliphatic carbocycles. The lowest BCUT2D eigenvalue weighted by atomic mass is 10.2. The maximum absolute atomic E-state index is 11.7. The molecule has 1 N–H and O–H groups in total. The highest BCUT2D eigenvalue weighted by Crippen LogP contribution is 2.12. The van der Waals surface area contributed by atoms with Gasteiger partial charge < -0.3 is 10.1 Å². The number of aromatic nitrogens is 2. The smallest absolute Gasteiger partial charge is 0.244 e. The van der Waals surface area contributed by atoms with Gasteiger partial charge in [0.2, 0.25) is 5.91 Å². The van der Waals surface area contributed by atoms with Crippen molar-refractivity contribution in [1.29, 1.82) is 0 Å². The zero-order valence-corrected chi connectivity index (χ0v) is 13.1. The number of aryl methyl sites for hydroxylation is 1. The maximum Gasteiger partial charge on any atom is 0.244 e. The summed E-state index contributed by atoms with van der Waals surface area (Å²) >= 11 is 5.77. The molecule has 0 unspecified atom stereocenters. The van der Waals surface area contributed by atoms with E-state index in [2.05, 4.69) is 10.4 Å². The van der Waals surface area contributed by atoms with Crippen molar-refractivity contribution in [3.8, 4) is 5.75 Å². The Bertz CT molecular complexity index is 635. The molecule has 0 saturated heterocycles. The van der Waals surface area contributed by atoms with Gasteiger partial charge in [-0.2, -0.15) is 5.10 Å². The molecule has 0 aliphatic rings. The summed E-state index contributed by atoms with van der Waals surface area (Å²) in [6.45, 7) is 1.30. The number of methoxy groups -OCH3 is 1. The van der Waals surface area contributed by atoms with Gasteiger partial charge in [-0.25, -0.2) is 0 Å². The molecule has 0 bridgehead atoms. The van der Waals surface area contributed by atoms with Crippen LogP contribution in [0.5, 0.6) is 5.75 Å². The van der Waals surface area contributed by atoms with E-state index in [9.17, 15) is 4.79 Å². The predicted octanol–water partition coefficient (Wildman–Crippen LogP) is 2.76. The minimum Gasteiger partial charge on any atom is -0.497 e. The van der Waals surface area contributed by atoms with Gasteiger partial charge in [0.05, 0.1) is 18.3 Å². The van der Waals surface area contributed by atoms with Gasteiger partial charge in [0.15, 0.2) is 0 Å². The summed E-state index contributed by atoms with van der Waals surface area (Å²) in [6, 6.07) is 7.49. The maximum atomic E-state index is 11.7. The highest BCUT2D eigenvalue weighted by atomic mass is 35.5. The Kier molecular flexibility index (Phi) is 6.03. The third kappa shape index (κ3) is 5.26. The second-order valence-electron chi connectivity index (χ2n) is 4.67. The molecule has 6 heteroatoms. The number of nitrogens with zero attached hydrogens (tertiary/aromatic N) is 2. The van der Waals surface area contributed by atoms with E-state index in [0.29, 0.717) is 11.6 Å². The van der Waals surface area contributed by atoms with Gasteiger partial charge in [-0.05, 0) is 30.2 Å². The number of ether oxygens (including phenoxy) is 1. The molecule has 1 aromatic heterocycles. The Hall–Kier alpha value is -2.27. The average molecular weight is 320 g/mol. The number of benzene rings is 1. The highest BCUT2D eigenvalue weighted by Gasteiger charge is 1.98. The third-order valence-electron chi connectivity index (χ3n) is 3.01. The second-order valence-corrected chi connectivity index (χ2v) is 5.11. The van der Waals surface area contributed by atoms with Gasteiger partial charge in [0.1, 0.15) is 5.75 Å². The molecule has 1 heterocycles. The zero-order chi connectivity index (χ0) is 15.8. The topological polar surface area (TPSA) is 56.1 Å². The lowest BCUT2D eigenvalue weighted by Crippen LogP contribution is -2.23. The fourth-order valence-electron chi connectivity index (χ4n) is 1.86. The monoisotopic (exact) mass is 319 g/mol. The van der Waals surface area contributed by atoms with E-state index in [-0.39, 0.29) is 5.91 Å². The molecule has 5 nitrogen and oxygen atoms in total. The molecule has 22 heavy (non-hydrogen) atoms. The van der Waals surface area contributed by atoms with Crippen LogP contribution in [0.4, 0.5) is 0 Å². The number of halogens is 1. The molecule has 0 fully saturated rings. The van der Waals surface area contributed by atoms with Gasteiger partial charge in [0.25, 0.3) is 0 Å². The van der Waals surface area contributed by atoms with Crippen LogP contribution >= 0.6 is 11.6 Å². The number of carbonyl (C=O) groups excluding carboxylic acids is 1. The van der Waals surface area contributed by atoms with Crippen molar-refractivity contribution in [3.05, 3.63) is 53.3 Å². The molecule has 116 valence electrons. The van der Waals surface area contributed by atoms with E-state index in [1.165, 1.54) is 6.08 Å². The molecule has 1 amide bonds. The second kappa shape index (κ2) is 8.24. The van der Waals surface area contributed by atoms with E-state index in [4.69, 9.17) is 16.3 Å². The molecule has 2 aromatic rings. The SMILES string of the molecule is COc1ccc(/C=C/C(=O)NCCCn2cc(Cl)cn2)cc1. The first kappa shape index (κ1) is 16.1. The summed E-state index contributed by atoms with van der Waals surface area (Å²) in [7, 11) is 1.62. The zero-order valence-electron chi connectivity index (χ0n) is 12.3. The first-order valence-electron chi connectivity index (χ1n) is 6.95. The Morgan fingerprint density at radius 2 is 2.18 bits per heavy atom. The lowest BCUT2D eigenvalue weighted by Gasteiger charge is -2.03. The molecule has 0 saturated carbocycles. The van der Waals surface area contributed by atoms with Crippen molar-refractivity contribution in [2.45, 2.75) is 13.0 Å². The number of nitrogens with one attached hydrogen (secondary N) is 1. The van der Waals surface area contributed by atoms with Crippen LogP contribution in [0.3, 0.4) is 0 Å². The summed E-state index contributed by atoms with van der Waals surface area (Å²) in [6.07, 6.45) is 7.43. The van der Waals surface area contributed by atoms with Crippen LogP contribution in [-0.2, 0) is 11.3 Å². The third-order valence-corrected chi connectivity index (χ3v) is 3.20. The van der Waals surface area contributed by atoms with Crippen molar-refractivity contribution < 1.29 is 9.53 Å². The summed E-state index contributed by atoms with van der Waals surface area (Å²) in [4.78, 5) is 11.7. The Labute approximate surface area is 134 Å². The highest BCUT2D eigenvalue weighted by molar-refractivity contribution is 6.30. The minimum atomic E-state index is -0.116. The van der Waals surface area contributed by atoms with Crippen LogP contribution in [0.15, 0.2) is 42.7 Å².